The Bertz CT molecular complexity index is 825. The van der Waals surface area contributed by atoms with E-state index in [9.17, 15) is 24.7 Å². The van der Waals surface area contributed by atoms with Crippen molar-refractivity contribution in [1.82, 2.24) is 0 Å². The van der Waals surface area contributed by atoms with Crippen LogP contribution in [0.1, 0.15) is 35.2 Å². The number of phosphoric ester groups is 1. The lowest BCUT2D eigenvalue weighted by Gasteiger charge is -2.15. The third-order valence-electron chi connectivity index (χ3n) is 3.52. The Labute approximate surface area is 143 Å². The maximum Gasteiger partial charge on any atom is 0.524 e. The molecular weight excluding hydrogens is 351 g/mol. The summed E-state index contributed by atoms with van der Waals surface area (Å²) in [6.07, 6.45) is -0.0966. The van der Waals surface area contributed by atoms with Gasteiger partial charge in [-0.3, -0.25) is 14.6 Å². The van der Waals surface area contributed by atoms with Crippen LogP contribution in [0.15, 0.2) is 36.4 Å². The highest BCUT2D eigenvalue weighted by Crippen LogP contribution is 2.44. The predicted molar refractivity (Wildman–Crippen MR) is 87.9 cm³/mol. The zero-order chi connectivity index (χ0) is 18.8. The normalized spacial score (nSPS) is 12.6. The summed E-state index contributed by atoms with van der Waals surface area (Å²) in [6, 6.07) is 7.93. The fraction of sp³-hybridized carbons (Fsp3) is 0.188. The number of carbonyl (C=O) groups excluding carboxylic acids is 1. The largest absolute Gasteiger partial charge is 0.524 e. The number of phenolic OH excluding ortho intramolecular Hbond substituents is 3. The number of aromatic hydroxyl groups is 3. The van der Waals surface area contributed by atoms with E-state index in [1.165, 1.54) is 12.1 Å². The van der Waals surface area contributed by atoms with Crippen LogP contribution in [0.2, 0.25) is 0 Å². The van der Waals surface area contributed by atoms with Gasteiger partial charge in [0.2, 0.25) is 0 Å². The van der Waals surface area contributed by atoms with Crippen LogP contribution >= 0.6 is 7.82 Å². The minimum Gasteiger partial charge on any atom is -0.508 e. The van der Waals surface area contributed by atoms with Crippen LogP contribution in [0.3, 0.4) is 0 Å². The van der Waals surface area contributed by atoms with E-state index in [0.717, 1.165) is 17.7 Å². The molecule has 0 heterocycles. The smallest absolute Gasteiger partial charge is 0.508 e. The highest BCUT2D eigenvalue weighted by atomic mass is 31.2. The molecule has 0 bridgehead atoms. The first-order chi connectivity index (χ1) is 11.6. The van der Waals surface area contributed by atoms with Crippen LogP contribution in [0.5, 0.6) is 23.0 Å². The molecule has 0 saturated carbocycles. The maximum absolute atomic E-state index is 12.5. The molecule has 9 heteroatoms. The third-order valence-corrected chi connectivity index (χ3v) is 3.95. The summed E-state index contributed by atoms with van der Waals surface area (Å²) in [5, 5.41) is 28.7. The average molecular weight is 368 g/mol. The first-order valence-electron chi connectivity index (χ1n) is 7.20. The number of rotatable bonds is 6. The summed E-state index contributed by atoms with van der Waals surface area (Å²) in [5.74, 6) is -2.61. The minimum absolute atomic E-state index is 0.0794. The number of hydrogen-bond acceptors (Lipinski definition) is 6. The van der Waals surface area contributed by atoms with Gasteiger partial charge in [-0.25, -0.2) is 4.57 Å². The molecule has 5 N–H and O–H groups in total. The standard InChI is InChI=1S/C16H17O8P/c1-9(10-2-4-11(17)5-3-10)6-13(19)16-14(20)7-12(18)8-15(16)24-25(21,22)23/h2-5,7-9,17-18,20H,6H2,1H3,(H2,21,22,23). The molecule has 2 aromatic rings. The Hall–Kier alpha value is -2.54. The predicted octanol–water partition coefficient (Wildman–Crippen LogP) is 2.65. The lowest BCUT2D eigenvalue weighted by Crippen LogP contribution is -2.08. The molecule has 1 unspecified atom stereocenters. The van der Waals surface area contributed by atoms with Crippen LogP contribution in [0, 0.1) is 0 Å². The summed E-state index contributed by atoms with van der Waals surface area (Å²) in [4.78, 5) is 30.4. The van der Waals surface area contributed by atoms with Gasteiger partial charge in [0.1, 0.15) is 28.6 Å². The molecule has 0 radical (unpaired) electrons. The number of phenols is 3. The summed E-state index contributed by atoms with van der Waals surface area (Å²) < 4.78 is 15.5. The molecule has 0 aliphatic rings. The molecule has 0 saturated heterocycles. The van der Waals surface area contributed by atoms with E-state index >= 15 is 0 Å². The fourth-order valence-electron chi connectivity index (χ4n) is 2.37. The maximum atomic E-state index is 12.5. The van der Waals surface area contributed by atoms with Gasteiger partial charge in [-0.2, -0.15) is 0 Å². The number of carbonyl (C=O) groups is 1. The molecule has 134 valence electrons. The molecule has 0 aliphatic heterocycles. The van der Waals surface area contributed by atoms with Crippen molar-refractivity contribution in [3.05, 3.63) is 47.5 Å². The molecule has 2 rings (SSSR count). The van der Waals surface area contributed by atoms with E-state index in [4.69, 9.17) is 9.79 Å². The molecule has 0 spiro atoms. The van der Waals surface area contributed by atoms with Gasteiger partial charge in [0.25, 0.3) is 0 Å². The number of Topliss-reactive ketones (excluding diaryl/α,β-unsaturated/α-hetero) is 1. The van der Waals surface area contributed by atoms with Crippen LogP contribution in [-0.2, 0) is 4.57 Å². The summed E-state index contributed by atoms with van der Waals surface area (Å²) >= 11 is 0. The highest BCUT2D eigenvalue weighted by molar-refractivity contribution is 7.46. The SMILES string of the molecule is CC(CC(=O)c1c(O)cc(O)cc1OP(=O)(O)O)c1ccc(O)cc1. The minimum atomic E-state index is -4.99. The molecule has 0 amide bonds. The second-order valence-corrected chi connectivity index (χ2v) is 6.70. The van der Waals surface area contributed by atoms with Crippen LogP contribution in [0.4, 0.5) is 0 Å². The molecule has 25 heavy (non-hydrogen) atoms. The molecule has 0 aromatic heterocycles. The first-order valence-corrected chi connectivity index (χ1v) is 8.73. The van der Waals surface area contributed by atoms with Crippen molar-refractivity contribution in [2.24, 2.45) is 0 Å². The molecule has 2 aromatic carbocycles. The number of phosphoric acid groups is 1. The quantitative estimate of drug-likeness (QED) is 0.386. The Kier molecular flexibility index (Phi) is 5.37. The number of ketones is 1. The van der Waals surface area contributed by atoms with Gasteiger partial charge in [-0.05, 0) is 23.6 Å². The Morgan fingerprint density at radius 1 is 1.08 bits per heavy atom. The second kappa shape index (κ2) is 7.14. The Morgan fingerprint density at radius 2 is 1.68 bits per heavy atom. The van der Waals surface area contributed by atoms with E-state index in [2.05, 4.69) is 4.52 Å². The summed E-state index contributed by atoms with van der Waals surface area (Å²) in [7, 11) is -4.99. The molecular formula is C16H17O8P. The second-order valence-electron chi connectivity index (χ2n) is 5.54. The fourth-order valence-corrected chi connectivity index (χ4v) is 2.77. The van der Waals surface area contributed by atoms with Gasteiger partial charge in [0.15, 0.2) is 5.78 Å². The van der Waals surface area contributed by atoms with Crippen molar-refractivity contribution in [3.8, 4) is 23.0 Å². The van der Waals surface area contributed by atoms with Crippen molar-refractivity contribution in [1.29, 1.82) is 0 Å². The molecule has 8 nitrogen and oxygen atoms in total. The first kappa shape index (κ1) is 18.8. The summed E-state index contributed by atoms with van der Waals surface area (Å²) in [6.45, 7) is 1.74. The highest BCUT2D eigenvalue weighted by Gasteiger charge is 2.26. The van der Waals surface area contributed by atoms with Gasteiger partial charge in [0.05, 0.1) is 0 Å². The zero-order valence-corrected chi connectivity index (χ0v) is 14.1. The summed E-state index contributed by atoms with van der Waals surface area (Å²) in [5.41, 5.74) is 0.327. The van der Waals surface area contributed by atoms with Crippen LogP contribution < -0.4 is 4.52 Å². The Balaban J connectivity index is 2.31. The number of benzene rings is 2. The van der Waals surface area contributed by atoms with E-state index in [1.54, 1.807) is 19.1 Å². The van der Waals surface area contributed by atoms with Crippen LogP contribution in [0.25, 0.3) is 0 Å². The molecule has 1 atom stereocenters. The van der Waals surface area contributed by atoms with E-state index in [1.807, 2.05) is 0 Å². The van der Waals surface area contributed by atoms with Gasteiger partial charge >= 0.3 is 7.82 Å². The Morgan fingerprint density at radius 3 is 2.24 bits per heavy atom. The van der Waals surface area contributed by atoms with Gasteiger partial charge in [-0.15, -0.1) is 0 Å². The topological polar surface area (TPSA) is 145 Å². The van der Waals surface area contributed by atoms with E-state index < -0.39 is 36.4 Å². The van der Waals surface area contributed by atoms with Gasteiger partial charge < -0.3 is 19.8 Å². The third kappa shape index (κ3) is 4.96. The van der Waals surface area contributed by atoms with E-state index in [0.29, 0.717) is 0 Å². The van der Waals surface area contributed by atoms with Crippen molar-refractivity contribution in [2.75, 3.05) is 0 Å². The number of hydrogen-bond donors (Lipinski definition) is 5. The van der Waals surface area contributed by atoms with E-state index in [-0.39, 0.29) is 18.1 Å². The monoisotopic (exact) mass is 368 g/mol. The van der Waals surface area contributed by atoms with Crippen molar-refractivity contribution in [2.45, 2.75) is 19.3 Å². The van der Waals surface area contributed by atoms with Crippen molar-refractivity contribution in [3.63, 3.8) is 0 Å². The molecule has 0 fully saturated rings. The average Bonchev–Trinajstić information content (AvgIpc) is 2.45. The van der Waals surface area contributed by atoms with Gasteiger partial charge in [-0.1, -0.05) is 19.1 Å². The lowest BCUT2D eigenvalue weighted by molar-refractivity contribution is 0.0971. The van der Waals surface area contributed by atoms with Crippen molar-refractivity contribution >= 4 is 13.6 Å². The zero-order valence-electron chi connectivity index (χ0n) is 13.2. The van der Waals surface area contributed by atoms with Crippen molar-refractivity contribution < 1.29 is 39.0 Å². The molecule has 0 aliphatic carbocycles. The van der Waals surface area contributed by atoms with Crippen LogP contribution in [-0.4, -0.2) is 30.9 Å². The van der Waals surface area contributed by atoms with Gasteiger partial charge in [0, 0.05) is 18.6 Å². The lowest BCUT2D eigenvalue weighted by atomic mass is 9.92.